The van der Waals surface area contributed by atoms with Gasteiger partial charge < -0.3 is 9.84 Å². The number of aliphatic hydroxyl groups is 1. The Bertz CT molecular complexity index is 1050. The van der Waals surface area contributed by atoms with E-state index in [2.05, 4.69) is 4.98 Å². The first-order valence-corrected chi connectivity index (χ1v) is 9.61. The number of ether oxygens (including phenoxy) is 1. The normalized spacial score (nSPS) is 15.3. The van der Waals surface area contributed by atoms with Crippen LogP contribution < -0.4 is 4.74 Å². The van der Waals surface area contributed by atoms with E-state index in [4.69, 9.17) is 4.74 Å². The van der Waals surface area contributed by atoms with Crippen molar-refractivity contribution in [2.45, 2.75) is 39.2 Å². The Hall–Kier alpha value is -2.80. The van der Waals surface area contributed by atoms with Crippen LogP contribution in [0.2, 0.25) is 0 Å². The number of carbonyl (C=O) groups is 1. The van der Waals surface area contributed by atoms with E-state index in [1.807, 2.05) is 0 Å². The molecular formula is C22H22F2N2O3. The van der Waals surface area contributed by atoms with Crippen LogP contribution in [0.1, 0.15) is 47.4 Å². The zero-order chi connectivity index (χ0) is 20.6. The number of rotatable bonds is 7. The first kappa shape index (κ1) is 19.5. The summed E-state index contributed by atoms with van der Waals surface area (Å²) in [5, 5.41) is 9.68. The standard InChI is InChI=1S/C22H22F2N2O3/c1-14-20(18(28)11-22(13-27)8-4-9-22)26-10-3-7-19(21(26)25-14)29-12-15-16(23)5-2-6-17(15)24/h2-3,5-7,10,27H,4,8-9,11-13H2,1H3. The van der Waals surface area contributed by atoms with Gasteiger partial charge in [-0.05, 0) is 44.0 Å². The molecule has 5 nitrogen and oxygen atoms in total. The van der Waals surface area contributed by atoms with Crippen molar-refractivity contribution in [1.82, 2.24) is 9.38 Å². The number of ketones is 1. The maximum atomic E-state index is 13.9. The molecule has 1 aliphatic carbocycles. The Morgan fingerprint density at radius 1 is 1.24 bits per heavy atom. The van der Waals surface area contributed by atoms with Crippen molar-refractivity contribution in [2.24, 2.45) is 5.41 Å². The number of aryl methyl sites for hydroxylation is 1. The summed E-state index contributed by atoms with van der Waals surface area (Å²) in [5.41, 5.74) is 0.919. The average molecular weight is 400 g/mol. The molecule has 0 radical (unpaired) electrons. The van der Waals surface area contributed by atoms with Crippen molar-refractivity contribution in [1.29, 1.82) is 0 Å². The summed E-state index contributed by atoms with van der Waals surface area (Å²) in [4.78, 5) is 17.4. The highest BCUT2D eigenvalue weighted by atomic mass is 19.1. The molecule has 152 valence electrons. The number of Topliss-reactive ketones (excluding diaryl/α,β-unsaturated/α-hetero) is 1. The minimum absolute atomic E-state index is 0.00289. The minimum Gasteiger partial charge on any atom is -0.485 e. The molecule has 29 heavy (non-hydrogen) atoms. The second-order valence-corrected chi connectivity index (χ2v) is 7.71. The van der Waals surface area contributed by atoms with Crippen molar-refractivity contribution in [3.05, 3.63) is 65.1 Å². The van der Waals surface area contributed by atoms with Gasteiger partial charge in [0.2, 0.25) is 0 Å². The number of benzene rings is 1. The zero-order valence-electron chi connectivity index (χ0n) is 16.1. The van der Waals surface area contributed by atoms with Gasteiger partial charge >= 0.3 is 0 Å². The molecule has 1 saturated carbocycles. The van der Waals surface area contributed by atoms with Crippen molar-refractivity contribution in [3.8, 4) is 5.75 Å². The zero-order valence-corrected chi connectivity index (χ0v) is 16.1. The van der Waals surface area contributed by atoms with E-state index in [-0.39, 0.29) is 36.4 Å². The van der Waals surface area contributed by atoms with Gasteiger partial charge in [0.25, 0.3) is 0 Å². The van der Waals surface area contributed by atoms with Crippen LogP contribution in [0.3, 0.4) is 0 Å². The number of pyridine rings is 1. The molecule has 7 heteroatoms. The number of aliphatic hydroxyl groups excluding tert-OH is 1. The van der Waals surface area contributed by atoms with Crippen LogP contribution in [0.15, 0.2) is 36.5 Å². The largest absolute Gasteiger partial charge is 0.485 e. The van der Waals surface area contributed by atoms with Gasteiger partial charge in [-0.15, -0.1) is 0 Å². The van der Waals surface area contributed by atoms with Gasteiger partial charge in [-0.2, -0.15) is 0 Å². The molecule has 1 aromatic carbocycles. The third kappa shape index (κ3) is 3.51. The van der Waals surface area contributed by atoms with Crippen LogP contribution in [0, 0.1) is 24.0 Å². The maximum Gasteiger partial charge on any atom is 0.182 e. The first-order chi connectivity index (χ1) is 13.9. The molecule has 1 aliphatic rings. The molecule has 1 fully saturated rings. The van der Waals surface area contributed by atoms with E-state index >= 15 is 0 Å². The van der Waals surface area contributed by atoms with Gasteiger partial charge in [-0.1, -0.05) is 12.5 Å². The lowest BCUT2D eigenvalue weighted by molar-refractivity contribution is 0.0337. The second-order valence-electron chi connectivity index (χ2n) is 7.71. The third-order valence-corrected chi connectivity index (χ3v) is 5.77. The van der Waals surface area contributed by atoms with E-state index < -0.39 is 11.6 Å². The number of fused-ring (bicyclic) bond motifs is 1. The highest BCUT2D eigenvalue weighted by Crippen LogP contribution is 2.44. The predicted octanol–water partition coefficient (Wildman–Crippen LogP) is 4.24. The number of halogens is 2. The fourth-order valence-electron chi connectivity index (χ4n) is 3.92. The average Bonchev–Trinajstić information content (AvgIpc) is 3.01. The Labute approximate surface area is 167 Å². The Balaban J connectivity index is 1.63. The van der Waals surface area contributed by atoms with Gasteiger partial charge in [-0.3, -0.25) is 9.20 Å². The fraction of sp³-hybridized carbons (Fsp3) is 0.364. The summed E-state index contributed by atoms with van der Waals surface area (Å²) in [6, 6.07) is 7.00. The van der Waals surface area contributed by atoms with Gasteiger partial charge in [0.15, 0.2) is 17.2 Å². The molecule has 1 N–H and O–H groups in total. The molecule has 0 saturated heterocycles. The highest BCUT2D eigenvalue weighted by Gasteiger charge is 2.39. The van der Waals surface area contributed by atoms with Crippen molar-refractivity contribution in [3.63, 3.8) is 0 Å². The number of hydrogen-bond acceptors (Lipinski definition) is 4. The predicted molar refractivity (Wildman–Crippen MR) is 103 cm³/mol. The molecule has 0 atom stereocenters. The van der Waals surface area contributed by atoms with Crippen molar-refractivity contribution >= 4 is 11.4 Å². The van der Waals surface area contributed by atoms with Crippen LogP contribution in [0.25, 0.3) is 5.65 Å². The summed E-state index contributed by atoms with van der Waals surface area (Å²) in [5.74, 6) is -1.11. The van der Waals surface area contributed by atoms with Gasteiger partial charge in [0.1, 0.15) is 23.9 Å². The van der Waals surface area contributed by atoms with Gasteiger partial charge in [-0.25, -0.2) is 13.8 Å². The lowest BCUT2D eigenvalue weighted by Crippen LogP contribution is -2.35. The number of hydrogen-bond donors (Lipinski definition) is 1. The van der Waals surface area contributed by atoms with Gasteiger partial charge in [0, 0.05) is 24.6 Å². The van der Waals surface area contributed by atoms with E-state index in [1.54, 1.807) is 29.7 Å². The molecule has 2 aromatic heterocycles. The van der Waals surface area contributed by atoms with Crippen molar-refractivity contribution in [2.75, 3.05) is 6.61 Å². The van der Waals surface area contributed by atoms with Crippen LogP contribution in [0.4, 0.5) is 8.78 Å². The Kier molecular flexibility index (Phi) is 5.08. The summed E-state index contributed by atoms with van der Waals surface area (Å²) in [7, 11) is 0. The number of carbonyl (C=O) groups excluding carboxylic acids is 1. The number of imidazole rings is 1. The Morgan fingerprint density at radius 3 is 2.59 bits per heavy atom. The molecule has 0 aliphatic heterocycles. The summed E-state index contributed by atoms with van der Waals surface area (Å²) in [6.07, 6.45) is 4.68. The monoisotopic (exact) mass is 400 g/mol. The molecule has 0 amide bonds. The molecule has 0 unspecified atom stereocenters. The molecule has 0 bridgehead atoms. The maximum absolute atomic E-state index is 13.9. The van der Waals surface area contributed by atoms with E-state index in [0.717, 1.165) is 19.3 Å². The number of aromatic nitrogens is 2. The summed E-state index contributed by atoms with van der Waals surface area (Å²) >= 11 is 0. The van der Waals surface area contributed by atoms with E-state index in [0.29, 0.717) is 22.8 Å². The van der Waals surface area contributed by atoms with Crippen LogP contribution in [-0.2, 0) is 6.61 Å². The highest BCUT2D eigenvalue weighted by molar-refractivity contribution is 5.97. The summed E-state index contributed by atoms with van der Waals surface area (Å²) < 4.78 is 35.0. The molecule has 0 spiro atoms. The number of nitrogens with zero attached hydrogens (tertiary/aromatic N) is 2. The topological polar surface area (TPSA) is 63.8 Å². The summed E-state index contributed by atoms with van der Waals surface area (Å²) in [6.45, 7) is 1.45. The molecule has 3 aromatic rings. The van der Waals surface area contributed by atoms with Crippen LogP contribution in [0.5, 0.6) is 5.75 Å². The van der Waals surface area contributed by atoms with E-state index in [9.17, 15) is 18.7 Å². The van der Waals surface area contributed by atoms with Crippen LogP contribution in [-0.4, -0.2) is 26.9 Å². The lowest BCUT2D eigenvalue weighted by atomic mass is 9.66. The van der Waals surface area contributed by atoms with E-state index in [1.165, 1.54) is 18.2 Å². The lowest BCUT2D eigenvalue weighted by Gasteiger charge is -2.39. The van der Waals surface area contributed by atoms with Crippen molar-refractivity contribution < 1.29 is 23.4 Å². The smallest absolute Gasteiger partial charge is 0.182 e. The molecule has 2 heterocycles. The SMILES string of the molecule is Cc1nc2c(OCc3c(F)cccc3F)cccn2c1C(=O)CC1(CO)CCC1. The van der Waals surface area contributed by atoms with Crippen LogP contribution >= 0.6 is 0 Å². The Morgan fingerprint density at radius 2 is 1.97 bits per heavy atom. The quantitative estimate of drug-likeness (QED) is 0.603. The minimum atomic E-state index is -0.679. The fourth-order valence-corrected chi connectivity index (χ4v) is 3.92. The second kappa shape index (κ2) is 7.55. The molecule has 4 rings (SSSR count). The third-order valence-electron chi connectivity index (χ3n) is 5.77. The molecular weight excluding hydrogens is 378 g/mol. The van der Waals surface area contributed by atoms with Gasteiger partial charge in [0.05, 0.1) is 11.3 Å². The first-order valence-electron chi connectivity index (χ1n) is 9.61.